The van der Waals surface area contributed by atoms with E-state index in [1.807, 2.05) is 72.8 Å². The lowest BCUT2D eigenvalue weighted by atomic mass is 10.1. The quantitative estimate of drug-likeness (QED) is 0.531. The Hall–Kier alpha value is -3.47. The van der Waals surface area contributed by atoms with Crippen LogP contribution in [0.3, 0.4) is 0 Å². The first kappa shape index (κ1) is 21.2. The van der Waals surface area contributed by atoms with Crippen molar-refractivity contribution >= 4 is 11.6 Å². The molecule has 0 radical (unpaired) electrons. The maximum Gasteiger partial charge on any atom is 0.224 e. The Bertz CT molecular complexity index is 920. The molecule has 30 heavy (non-hydrogen) atoms. The Morgan fingerprint density at radius 2 is 1.27 bits per heavy atom. The maximum absolute atomic E-state index is 12.2. The van der Waals surface area contributed by atoms with Gasteiger partial charge in [0.2, 0.25) is 5.91 Å². The van der Waals surface area contributed by atoms with Gasteiger partial charge in [-0.3, -0.25) is 4.79 Å². The zero-order valence-electron chi connectivity index (χ0n) is 17.5. The summed E-state index contributed by atoms with van der Waals surface area (Å²) in [5.74, 6) is 1.72. The van der Waals surface area contributed by atoms with Crippen LogP contribution in [0, 0.1) is 0 Å². The summed E-state index contributed by atoms with van der Waals surface area (Å²) in [7, 11) is 3.31. The van der Waals surface area contributed by atoms with Gasteiger partial charge >= 0.3 is 0 Å². The molecular formula is C25H28N2O3. The van der Waals surface area contributed by atoms with E-state index in [2.05, 4.69) is 10.6 Å². The fraction of sp³-hybridized carbons (Fsp3) is 0.240. The van der Waals surface area contributed by atoms with Crippen LogP contribution in [0.25, 0.3) is 0 Å². The molecule has 1 amide bonds. The summed E-state index contributed by atoms with van der Waals surface area (Å²) in [6.07, 6.45) is 1.17. The number of ether oxygens (including phenoxy) is 2. The third kappa shape index (κ3) is 6.55. The largest absolute Gasteiger partial charge is 0.497 e. The smallest absolute Gasteiger partial charge is 0.224 e. The third-order valence-electron chi connectivity index (χ3n) is 4.87. The molecule has 0 aromatic heterocycles. The highest BCUT2D eigenvalue weighted by molar-refractivity contribution is 5.78. The number of methoxy groups -OCH3 is 2. The first-order valence-electron chi connectivity index (χ1n) is 10.0. The molecule has 0 fully saturated rings. The SMILES string of the molecule is COc1ccc(CCNC(=O)Cc2ccc(NCc3ccc(OC)cc3)cc2)cc1. The van der Waals surface area contributed by atoms with Gasteiger partial charge in [0.1, 0.15) is 11.5 Å². The van der Waals surface area contributed by atoms with Crippen molar-refractivity contribution < 1.29 is 14.3 Å². The normalized spacial score (nSPS) is 10.3. The summed E-state index contributed by atoms with van der Waals surface area (Å²) in [5, 5.41) is 6.37. The monoisotopic (exact) mass is 404 g/mol. The van der Waals surface area contributed by atoms with Crippen molar-refractivity contribution in [1.82, 2.24) is 5.32 Å². The minimum Gasteiger partial charge on any atom is -0.497 e. The number of carbonyl (C=O) groups excluding carboxylic acids is 1. The van der Waals surface area contributed by atoms with E-state index in [0.717, 1.165) is 35.7 Å². The lowest BCUT2D eigenvalue weighted by molar-refractivity contribution is -0.120. The molecule has 0 aliphatic rings. The zero-order valence-corrected chi connectivity index (χ0v) is 17.5. The molecule has 0 aliphatic heterocycles. The fourth-order valence-corrected chi connectivity index (χ4v) is 3.07. The molecule has 2 N–H and O–H groups in total. The predicted octanol–water partition coefficient (Wildman–Crippen LogP) is 4.22. The van der Waals surface area contributed by atoms with Gasteiger partial charge in [-0.25, -0.2) is 0 Å². The minimum atomic E-state index is 0.0300. The molecule has 5 nitrogen and oxygen atoms in total. The lowest BCUT2D eigenvalue weighted by Gasteiger charge is -2.09. The second-order valence-electron chi connectivity index (χ2n) is 7.02. The van der Waals surface area contributed by atoms with Crippen LogP contribution in [0.1, 0.15) is 16.7 Å². The highest BCUT2D eigenvalue weighted by atomic mass is 16.5. The number of nitrogens with one attached hydrogen (secondary N) is 2. The van der Waals surface area contributed by atoms with Crippen LogP contribution >= 0.6 is 0 Å². The van der Waals surface area contributed by atoms with E-state index < -0.39 is 0 Å². The van der Waals surface area contributed by atoms with Crippen molar-refractivity contribution in [1.29, 1.82) is 0 Å². The van der Waals surface area contributed by atoms with Gasteiger partial charge in [0.25, 0.3) is 0 Å². The van der Waals surface area contributed by atoms with Crippen LogP contribution in [-0.2, 0) is 24.2 Å². The van der Waals surface area contributed by atoms with Gasteiger partial charge < -0.3 is 20.1 Å². The average Bonchev–Trinajstić information content (AvgIpc) is 2.79. The average molecular weight is 405 g/mol. The predicted molar refractivity (Wildman–Crippen MR) is 120 cm³/mol. The van der Waals surface area contributed by atoms with E-state index in [9.17, 15) is 4.79 Å². The number of carbonyl (C=O) groups is 1. The van der Waals surface area contributed by atoms with Crippen LogP contribution in [0.15, 0.2) is 72.8 Å². The Balaban J connectivity index is 1.39. The molecule has 3 rings (SSSR count). The van der Waals surface area contributed by atoms with Crippen LogP contribution in [0.4, 0.5) is 5.69 Å². The summed E-state index contributed by atoms with van der Waals surface area (Å²) >= 11 is 0. The van der Waals surface area contributed by atoms with E-state index in [4.69, 9.17) is 9.47 Å². The molecule has 3 aromatic rings. The van der Waals surface area contributed by atoms with Crippen LogP contribution in [0.5, 0.6) is 11.5 Å². The highest BCUT2D eigenvalue weighted by Gasteiger charge is 2.04. The molecule has 5 heteroatoms. The second kappa shape index (κ2) is 10.9. The topological polar surface area (TPSA) is 59.6 Å². The first-order valence-corrected chi connectivity index (χ1v) is 10.0. The van der Waals surface area contributed by atoms with Crippen molar-refractivity contribution in [2.24, 2.45) is 0 Å². The molecule has 0 saturated heterocycles. The Kier molecular flexibility index (Phi) is 7.72. The van der Waals surface area contributed by atoms with Gasteiger partial charge in [-0.15, -0.1) is 0 Å². The number of benzene rings is 3. The lowest BCUT2D eigenvalue weighted by Crippen LogP contribution is -2.27. The second-order valence-corrected chi connectivity index (χ2v) is 7.02. The number of hydrogen-bond acceptors (Lipinski definition) is 4. The van der Waals surface area contributed by atoms with Crippen molar-refractivity contribution in [2.75, 3.05) is 26.1 Å². The zero-order chi connectivity index (χ0) is 21.2. The molecule has 0 aliphatic carbocycles. The van der Waals surface area contributed by atoms with Gasteiger partial charge in [0, 0.05) is 18.8 Å². The van der Waals surface area contributed by atoms with E-state index in [1.165, 1.54) is 11.1 Å². The van der Waals surface area contributed by atoms with Crippen molar-refractivity contribution in [2.45, 2.75) is 19.4 Å². The standard InChI is InChI=1S/C25H28N2O3/c1-29-23-11-5-19(6-12-23)15-16-26-25(28)17-20-3-9-22(10-4-20)27-18-21-7-13-24(30-2)14-8-21/h3-14,27H,15-18H2,1-2H3,(H,26,28). The molecule has 0 heterocycles. The van der Waals surface area contributed by atoms with Gasteiger partial charge in [0.05, 0.1) is 20.6 Å². The summed E-state index contributed by atoms with van der Waals surface area (Å²) in [5.41, 5.74) is 4.36. The molecule has 0 saturated carbocycles. The van der Waals surface area contributed by atoms with Crippen LogP contribution < -0.4 is 20.1 Å². The van der Waals surface area contributed by atoms with Crippen molar-refractivity contribution in [3.05, 3.63) is 89.5 Å². The summed E-state index contributed by atoms with van der Waals surface area (Å²) < 4.78 is 10.3. The summed E-state index contributed by atoms with van der Waals surface area (Å²) in [6, 6.07) is 23.9. The molecule has 0 bridgehead atoms. The first-order chi connectivity index (χ1) is 14.7. The molecule has 3 aromatic carbocycles. The van der Waals surface area contributed by atoms with E-state index in [0.29, 0.717) is 13.0 Å². The van der Waals surface area contributed by atoms with Gasteiger partial charge in [0.15, 0.2) is 0 Å². The molecule has 0 unspecified atom stereocenters. The number of anilines is 1. The van der Waals surface area contributed by atoms with E-state index in [-0.39, 0.29) is 5.91 Å². The van der Waals surface area contributed by atoms with Crippen molar-refractivity contribution in [3.8, 4) is 11.5 Å². The Morgan fingerprint density at radius 1 is 0.733 bits per heavy atom. The highest BCUT2D eigenvalue weighted by Crippen LogP contribution is 2.15. The third-order valence-corrected chi connectivity index (χ3v) is 4.87. The van der Waals surface area contributed by atoms with Crippen LogP contribution in [0.2, 0.25) is 0 Å². The Labute approximate surface area is 178 Å². The fourth-order valence-electron chi connectivity index (χ4n) is 3.07. The Morgan fingerprint density at radius 3 is 1.83 bits per heavy atom. The minimum absolute atomic E-state index is 0.0300. The van der Waals surface area contributed by atoms with E-state index >= 15 is 0 Å². The number of amides is 1. The van der Waals surface area contributed by atoms with Gasteiger partial charge in [-0.05, 0) is 59.5 Å². The molecule has 0 atom stereocenters. The van der Waals surface area contributed by atoms with Crippen LogP contribution in [-0.4, -0.2) is 26.7 Å². The molecular weight excluding hydrogens is 376 g/mol. The molecule has 0 spiro atoms. The van der Waals surface area contributed by atoms with Gasteiger partial charge in [-0.1, -0.05) is 36.4 Å². The molecule has 156 valence electrons. The van der Waals surface area contributed by atoms with E-state index in [1.54, 1.807) is 14.2 Å². The number of rotatable bonds is 10. The maximum atomic E-state index is 12.2. The summed E-state index contributed by atoms with van der Waals surface area (Å²) in [6.45, 7) is 1.35. The number of hydrogen-bond donors (Lipinski definition) is 2. The van der Waals surface area contributed by atoms with Gasteiger partial charge in [-0.2, -0.15) is 0 Å². The summed E-state index contributed by atoms with van der Waals surface area (Å²) in [4.78, 5) is 12.2. The van der Waals surface area contributed by atoms with Crippen molar-refractivity contribution in [3.63, 3.8) is 0 Å².